The first-order valence-electron chi connectivity index (χ1n) is 9.42. The number of nitrogens with zero attached hydrogens (tertiary/aromatic N) is 2. The first-order chi connectivity index (χ1) is 12.6. The van der Waals surface area contributed by atoms with Crippen LogP contribution in [0.15, 0.2) is 39.9 Å². The summed E-state index contributed by atoms with van der Waals surface area (Å²) in [5.74, 6) is 0.561. The average Bonchev–Trinajstić information content (AvgIpc) is 3.10. The van der Waals surface area contributed by atoms with Gasteiger partial charge in [0.1, 0.15) is 11.3 Å². The molecule has 0 aromatic carbocycles. The third-order valence-electron chi connectivity index (χ3n) is 5.40. The summed E-state index contributed by atoms with van der Waals surface area (Å²) >= 11 is 0. The van der Waals surface area contributed by atoms with E-state index >= 15 is 0 Å². The lowest BCUT2D eigenvalue weighted by atomic mass is 10.1. The van der Waals surface area contributed by atoms with Crippen LogP contribution in [0.4, 0.5) is 0 Å². The molecule has 3 heterocycles. The highest BCUT2D eigenvalue weighted by molar-refractivity contribution is 5.95. The lowest BCUT2D eigenvalue weighted by Crippen LogP contribution is -2.39. The van der Waals surface area contributed by atoms with E-state index in [2.05, 4.69) is 10.2 Å². The van der Waals surface area contributed by atoms with Crippen LogP contribution >= 0.6 is 0 Å². The summed E-state index contributed by atoms with van der Waals surface area (Å²) in [7, 11) is 0. The number of furan rings is 1. The minimum atomic E-state index is -0.293. The van der Waals surface area contributed by atoms with Gasteiger partial charge in [-0.15, -0.1) is 0 Å². The van der Waals surface area contributed by atoms with E-state index in [1.165, 1.54) is 0 Å². The Labute approximate surface area is 152 Å². The van der Waals surface area contributed by atoms with Gasteiger partial charge in [0.25, 0.3) is 11.5 Å². The molecule has 1 aliphatic carbocycles. The maximum atomic E-state index is 12.8. The molecule has 1 unspecified atom stereocenters. The average molecular weight is 355 g/mol. The molecule has 26 heavy (non-hydrogen) atoms. The van der Waals surface area contributed by atoms with E-state index in [1.807, 2.05) is 31.3 Å². The summed E-state index contributed by atoms with van der Waals surface area (Å²) in [5.41, 5.74) is 0.805. The van der Waals surface area contributed by atoms with Crippen LogP contribution in [0.5, 0.6) is 0 Å². The zero-order valence-electron chi connectivity index (χ0n) is 15.1. The number of aryl methyl sites for hydroxylation is 1. The van der Waals surface area contributed by atoms with Crippen molar-refractivity contribution in [1.29, 1.82) is 0 Å². The molecule has 1 amide bonds. The largest absolute Gasteiger partial charge is 0.468 e. The highest BCUT2D eigenvalue weighted by Crippen LogP contribution is 2.33. The van der Waals surface area contributed by atoms with Crippen LogP contribution in [0, 0.1) is 6.92 Å². The third-order valence-corrected chi connectivity index (χ3v) is 5.40. The summed E-state index contributed by atoms with van der Waals surface area (Å²) in [6, 6.07) is 5.94. The van der Waals surface area contributed by atoms with Crippen molar-refractivity contribution >= 4 is 5.91 Å². The Morgan fingerprint density at radius 3 is 2.73 bits per heavy atom. The predicted octanol–water partition coefficient (Wildman–Crippen LogP) is 2.65. The summed E-state index contributed by atoms with van der Waals surface area (Å²) in [5, 5.41) is 2.98. The minimum Gasteiger partial charge on any atom is -0.468 e. The SMILES string of the molecule is Cc1ccn(C2CC2)c(=O)c1C(=O)NCC(c1ccco1)N1CCCC1. The Bertz CT molecular complexity index is 830. The Morgan fingerprint density at radius 2 is 2.08 bits per heavy atom. The molecule has 0 bridgehead atoms. The molecule has 2 aromatic rings. The molecule has 0 spiro atoms. The monoisotopic (exact) mass is 355 g/mol. The quantitative estimate of drug-likeness (QED) is 0.865. The van der Waals surface area contributed by atoms with Crippen molar-refractivity contribution in [3.8, 4) is 0 Å². The maximum Gasteiger partial charge on any atom is 0.263 e. The van der Waals surface area contributed by atoms with Gasteiger partial charge < -0.3 is 14.3 Å². The summed E-state index contributed by atoms with van der Waals surface area (Å²) < 4.78 is 7.29. The zero-order valence-corrected chi connectivity index (χ0v) is 15.1. The molecule has 2 fully saturated rings. The smallest absolute Gasteiger partial charge is 0.263 e. The van der Waals surface area contributed by atoms with Gasteiger partial charge >= 0.3 is 0 Å². The van der Waals surface area contributed by atoms with E-state index in [-0.39, 0.29) is 29.1 Å². The molecule has 4 rings (SSSR count). The lowest BCUT2D eigenvalue weighted by Gasteiger charge is -2.26. The standard InChI is InChI=1S/C20H25N3O3/c1-14-8-11-23(15-6-7-15)20(25)18(14)19(24)21-13-16(17-5-4-12-26-17)22-9-2-3-10-22/h4-5,8,11-12,15-16H,2-3,6-7,9-10,13H2,1H3,(H,21,24). The number of nitrogens with one attached hydrogen (secondary N) is 1. The van der Waals surface area contributed by atoms with Crippen molar-refractivity contribution in [2.24, 2.45) is 0 Å². The normalized spacial score (nSPS) is 18.8. The van der Waals surface area contributed by atoms with Gasteiger partial charge in [0.15, 0.2) is 0 Å². The fraction of sp³-hybridized carbons (Fsp3) is 0.500. The number of pyridine rings is 1. The second-order valence-electron chi connectivity index (χ2n) is 7.30. The van der Waals surface area contributed by atoms with Gasteiger partial charge in [-0.05, 0) is 69.5 Å². The first-order valence-corrected chi connectivity index (χ1v) is 9.42. The van der Waals surface area contributed by atoms with Crippen molar-refractivity contribution in [2.75, 3.05) is 19.6 Å². The Kier molecular flexibility index (Phi) is 4.68. The van der Waals surface area contributed by atoms with Crippen molar-refractivity contribution in [3.05, 3.63) is 57.9 Å². The molecule has 0 radical (unpaired) electrons. The second kappa shape index (κ2) is 7.11. The maximum absolute atomic E-state index is 12.8. The van der Waals surface area contributed by atoms with Crippen molar-refractivity contribution in [3.63, 3.8) is 0 Å². The number of rotatable bonds is 6. The van der Waals surface area contributed by atoms with Gasteiger partial charge in [0.05, 0.1) is 12.3 Å². The van der Waals surface area contributed by atoms with E-state index in [0.29, 0.717) is 6.54 Å². The molecule has 1 atom stereocenters. The van der Waals surface area contributed by atoms with E-state index in [4.69, 9.17) is 4.42 Å². The summed E-state index contributed by atoms with van der Waals surface area (Å²) in [6.45, 7) is 4.25. The molecular formula is C20H25N3O3. The summed E-state index contributed by atoms with van der Waals surface area (Å²) in [6.07, 6.45) is 7.82. The number of likely N-dealkylation sites (tertiary alicyclic amines) is 1. The van der Waals surface area contributed by atoms with Gasteiger partial charge in [-0.1, -0.05) is 0 Å². The molecule has 138 valence electrons. The number of hydrogen-bond acceptors (Lipinski definition) is 4. The first kappa shape index (κ1) is 17.1. The Morgan fingerprint density at radius 1 is 1.31 bits per heavy atom. The van der Waals surface area contributed by atoms with Gasteiger partial charge in [-0.25, -0.2) is 0 Å². The van der Waals surface area contributed by atoms with Crippen LogP contribution in [0.3, 0.4) is 0 Å². The second-order valence-corrected chi connectivity index (χ2v) is 7.30. The number of hydrogen-bond donors (Lipinski definition) is 1. The van der Waals surface area contributed by atoms with Crippen LogP contribution in [-0.2, 0) is 0 Å². The lowest BCUT2D eigenvalue weighted by molar-refractivity contribution is 0.0931. The van der Waals surface area contributed by atoms with Crippen molar-refractivity contribution in [1.82, 2.24) is 14.8 Å². The summed E-state index contributed by atoms with van der Waals surface area (Å²) in [4.78, 5) is 27.8. The van der Waals surface area contributed by atoms with Crippen molar-refractivity contribution < 1.29 is 9.21 Å². The molecular weight excluding hydrogens is 330 g/mol. The molecule has 6 heteroatoms. The van der Waals surface area contributed by atoms with E-state index in [0.717, 1.165) is 50.1 Å². The molecule has 1 saturated heterocycles. The number of carbonyl (C=O) groups excluding carboxylic acids is 1. The molecule has 2 aliphatic rings. The van der Waals surface area contributed by atoms with Crippen LogP contribution in [0.25, 0.3) is 0 Å². The zero-order chi connectivity index (χ0) is 18.1. The molecule has 6 nitrogen and oxygen atoms in total. The molecule has 1 aliphatic heterocycles. The molecule has 1 saturated carbocycles. The number of amides is 1. The Balaban J connectivity index is 1.52. The van der Waals surface area contributed by atoms with Crippen LogP contribution < -0.4 is 10.9 Å². The number of aromatic nitrogens is 1. The molecule has 2 aromatic heterocycles. The van der Waals surface area contributed by atoms with E-state index < -0.39 is 0 Å². The minimum absolute atomic E-state index is 0.00567. The predicted molar refractivity (Wildman–Crippen MR) is 98.3 cm³/mol. The van der Waals surface area contributed by atoms with Crippen LogP contribution in [0.1, 0.15) is 59.4 Å². The fourth-order valence-electron chi connectivity index (χ4n) is 3.78. The number of carbonyl (C=O) groups is 1. The van der Waals surface area contributed by atoms with Gasteiger partial charge in [0.2, 0.25) is 0 Å². The topological polar surface area (TPSA) is 67.5 Å². The van der Waals surface area contributed by atoms with Crippen LogP contribution in [0.2, 0.25) is 0 Å². The van der Waals surface area contributed by atoms with E-state index in [1.54, 1.807) is 10.8 Å². The van der Waals surface area contributed by atoms with Gasteiger partial charge in [0, 0.05) is 18.8 Å². The third kappa shape index (κ3) is 3.33. The van der Waals surface area contributed by atoms with Gasteiger partial charge in [-0.3, -0.25) is 14.5 Å². The van der Waals surface area contributed by atoms with Crippen LogP contribution in [-0.4, -0.2) is 35.0 Å². The fourth-order valence-corrected chi connectivity index (χ4v) is 3.78. The Hall–Kier alpha value is -2.34. The van der Waals surface area contributed by atoms with Crippen molar-refractivity contribution in [2.45, 2.75) is 44.7 Å². The van der Waals surface area contributed by atoms with E-state index in [9.17, 15) is 9.59 Å². The van der Waals surface area contributed by atoms with Gasteiger partial charge in [-0.2, -0.15) is 0 Å². The highest BCUT2D eigenvalue weighted by Gasteiger charge is 2.29. The highest BCUT2D eigenvalue weighted by atomic mass is 16.3. The molecule has 1 N–H and O–H groups in total.